The standard InChI is InChI=1S/C18H30N2O2/c1-13(2)10-15-12-20(9-8-19-15)16-6-7-17(21-5)18(11-16)22-14(3)4/h6-7,11,13-15,19H,8-10,12H2,1-5H3. The van der Waals surface area contributed by atoms with Crippen LogP contribution in [-0.4, -0.2) is 38.9 Å². The van der Waals surface area contributed by atoms with Crippen LogP contribution >= 0.6 is 0 Å². The number of hydrogen-bond acceptors (Lipinski definition) is 4. The summed E-state index contributed by atoms with van der Waals surface area (Å²) in [4.78, 5) is 2.44. The Bertz CT molecular complexity index is 474. The number of benzene rings is 1. The van der Waals surface area contributed by atoms with E-state index in [0.717, 1.165) is 31.1 Å². The molecular formula is C18H30N2O2. The molecule has 1 aliphatic heterocycles. The normalized spacial score (nSPS) is 18.9. The van der Waals surface area contributed by atoms with E-state index in [9.17, 15) is 0 Å². The van der Waals surface area contributed by atoms with Gasteiger partial charge in [-0.05, 0) is 38.3 Å². The maximum absolute atomic E-state index is 5.89. The summed E-state index contributed by atoms with van der Waals surface area (Å²) in [5.74, 6) is 2.34. The molecule has 1 saturated heterocycles. The van der Waals surface area contributed by atoms with Crippen LogP contribution in [0, 0.1) is 5.92 Å². The molecule has 1 aromatic carbocycles. The summed E-state index contributed by atoms with van der Waals surface area (Å²) in [6.07, 6.45) is 1.35. The summed E-state index contributed by atoms with van der Waals surface area (Å²) in [5.41, 5.74) is 1.21. The van der Waals surface area contributed by atoms with Crippen molar-refractivity contribution < 1.29 is 9.47 Å². The van der Waals surface area contributed by atoms with Crippen molar-refractivity contribution in [3.05, 3.63) is 18.2 Å². The molecule has 22 heavy (non-hydrogen) atoms. The zero-order chi connectivity index (χ0) is 16.1. The Morgan fingerprint density at radius 2 is 2.00 bits per heavy atom. The molecule has 0 amide bonds. The second-order valence-electron chi connectivity index (χ2n) is 6.73. The highest BCUT2D eigenvalue weighted by Gasteiger charge is 2.21. The summed E-state index contributed by atoms with van der Waals surface area (Å²) in [5, 5.41) is 3.62. The van der Waals surface area contributed by atoms with Crippen molar-refractivity contribution in [2.45, 2.75) is 46.3 Å². The molecule has 1 aliphatic rings. The third-order valence-corrected chi connectivity index (χ3v) is 3.89. The Labute approximate surface area is 134 Å². The van der Waals surface area contributed by atoms with Crippen LogP contribution in [0.2, 0.25) is 0 Å². The zero-order valence-electron chi connectivity index (χ0n) is 14.6. The summed E-state index contributed by atoms with van der Waals surface area (Å²) in [6.45, 7) is 11.7. The minimum absolute atomic E-state index is 0.140. The van der Waals surface area contributed by atoms with Gasteiger partial charge in [0.05, 0.1) is 13.2 Å². The van der Waals surface area contributed by atoms with E-state index >= 15 is 0 Å². The highest BCUT2D eigenvalue weighted by Crippen LogP contribution is 2.33. The summed E-state index contributed by atoms with van der Waals surface area (Å²) in [7, 11) is 1.69. The van der Waals surface area contributed by atoms with Gasteiger partial charge in [0.2, 0.25) is 0 Å². The number of nitrogens with zero attached hydrogens (tertiary/aromatic N) is 1. The smallest absolute Gasteiger partial charge is 0.163 e. The van der Waals surface area contributed by atoms with Gasteiger partial charge in [-0.1, -0.05) is 13.8 Å². The monoisotopic (exact) mass is 306 g/mol. The fourth-order valence-corrected chi connectivity index (χ4v) is 3.00. The van der Waals surface area contributed by atoms with Gasteiger partial charge in [0.25, 0.3) is 0 Å². The summed E-state index contributed by atoms with van der Waals surface area (Å²) >= 11 is 0. The molecule has 1 unspecified atom stereocenters. The molecule has 4 nitrogen and oxygen atoms in total. The first kappa shape index (κ1) is 16.9. The number of rotatable bonds is 6. The fourth-order valence-electron chi connectivity index (χ4n) is 3.00. The van der Waals surface area contributed by atoms with Crippen LogP contribution in [-0.2, 0) is 0 Å². The van der Waals surface area contributed by atoms with Crippen LogP contribution in [0.4, 0.5) is 5.69 Å². The predicted molar refractivity (Wildman–Crippen MR) is 92.2 cm³/mol. The minimum Gasteiger partial charge on any atom is -0.493 e. The number of anilines is 1. The van der Waals surface area contributed by atoms with Gasteiger partial charge >= 0.3 is 0 Å². The molecule has 124 valence electrons. The largest absolute Gasteiger partial charge is 0.493 e. The van der Waals surface area contributed by atoms with Crippen molar-refractivity contribution in [2.24, 2.45) is 5.92 Å². The van der Waals surface area contributed by atoms with Crippen LogP contribution in [0.15, 0.2) is 18.2 Å². The Morgan fingerprint density at radius 1 is 1.23 bits per heavy atom. The highest BCUT2D eigenvalue weighted by molar-refractivity contribution is 5.57. The Hall–Kier alpha value is -1.42. The topological polar surface area (TPSA) is 33.7 Å². The van der Waals surface area contributed by atoms with Gasteiger partial charge in [0, 0.05) is 37.4 Å². The SMILES string of the molecule is COc1ccc(N2CCNC(CC(C)C)C2)cc1OC(C)C. The molecule has 0 saturated carbocycles. The average Bonchev–Trinajstić information content (AvgIpc) is 2.46. The van der Waals surface area contributed by atoms with E-state index in [1.54, 1.807) is 7.11 Å². The molecule has 0 aromatic heterocycles. The van der Waals surface area contributed by atoms with Crippen molar-refractivity contribution >= 4 is 5.69 Å². The van der Waals surface area contributed by atoms with Crippen LogP contribution in [0.3, 0.4) is 0 Å². The van der Waals surface area contributed by atoms with Crippen LogP contribution in [0.1, 0.15) is 34.1 Å². The number of ether oxygens (including phenoxy) is 2. The summed E-state index contributed by atoms with van der Waals surface area (Å²) in [6, 6.07) is 6.80. The lowest BCUT2D eigenvalue weighted by atomic mass is 10.0. The third kappa shape index (κ3) is 4.54. The van der Waals surface area contributed by atoms with E-state index in [0.29, 0.717) is 12.0 Å². The Balaban J connectivity index is 2.13. The number of nitrogens with one attached hydrogen (secondary N) is 1. The van der Waals surface area contributed by atoms with Crippen LogP contribution in [0.25, 0.3) is 0 Å². The van der Waals surface area contributed by atoms with Gasteiger partial charge in [0.1, 0.15) is 0 Å². The van der Waals surface area contributed by atoms with Gasteiger partial charge in [0.15, 0.2) is 11.5 Å². The molecular weight excluding hydrogens is 276 g/mol. The summed E-state index contributed by atoms with van der Waals surface area (Å²) < 4.78 is 11.3. The van der Waals surface area contributed by atoms with Crippen molar-refractivity contribution in [3.63, 3.8) is 0 Å². The van der Waals surface area contributed by atoms with Gasteiger partial charge in [-0.3, -0.25) is 0 Å². The molecule has 1 atom stereocenters. The van der Waals surface area contributed by atoms with Gasteiger partial charge in [-0.2, -0.15) is 0 Å². The molecule has 1 fully saturated rings. The van der Waals surface area contributed by atoms with Crippen molar-refractivity contribution in [1.29, 1.82) is 0 Å². The van der Waals surface area contributed by atoms with E-state index in [-0.39, 0.29) is 6.10 Å². The van der Waals surface area contributed by atoms with Crippen LogP contribution < -0.4 is 19.7 Å². The average molecular weight is 306 g/mol. The van der Waals surface area contributed by atoms with Crippen LogP contribution in [0.5, 0.6) is 11.5 Å². The van der Waals surface area contributed by atoms with Crippen molar-refractivity contribution in [3.8, 4) is 11.5 Å². The Morgan fingerprint density at radius 3 is 2.64 bits per heavy atom. The predicted octanol–water partition coefficient (Wildman–Crippen LogP) is 3.31. The quantitative estimate of drug-likeness (QED) is 0.874. The molecule has 0 radical (unpaired) electrons. The van der Waals surface area contributed by atoms with Crippen molar-refractivity contribution in [1.82, 2.24) is 5.32 Å². The molecule has 1 aromatic rings. The van der Waals surface area contributed by atoms with Gasteiger partial charge < -0.3 is 19.7 Å². The van der Waals surface area contributed by atoms with Gasteiger partial charge in [-0.25, -0.2) is 0 Å². The molecule has 1 heterocycles. The Kier molecular flexibility index (Phi) is 5.95. The highest BCUT2D eigenvalue weighted by atomic mass is 16.5. The maximum Gasteiger partial charge on any atom is 0.163 e. The number of hydrogen-bond donors (Lipinski definition) is 1. The molecule has 0 spiro atoms. The lowest BCUT2D eigenvalue weighted by Crippen LogP contribution is -2.51. The maximum atomic E-state index is 5.89. The first-order valence-corrected chi connectivity index (χ1v) is 8.32. The van der Waals surface area contributed by atoms with E-state index in [1.165, 1.54) is 12.1 Å². The van der Waals surface area contributed by atoms with Crippen molar-refractivity contribution in [2.75, 3.05) is 31.6 Å². The van der Waals surface area contributed by atoms with Gasteiger partial charge in [-0.15, -0.1) is 0 Å². The first-order chi connectivity index (χ1) is 10.5. The molecule has 0 bridgehead atoms. The van der Waals surface area contributed by atoms with E-state index in [1.807, 2.05) is 19.9 Å². The molecule has 0 aliphatic carbocycles. The van der Waals surface area contributed by atoms with E-state index in [2.05, 4.69) is 36.2 Å². The fraction of sp³-hybridized carbons (Fsp3) is 0.667. The second-order valence-corrected chi connectivity index (χ2v) is 6.73. The minimum atomic E-state index is 0.140. The number of methoxy groups -OCH3 is 1. The van der Waals surface area contributed by atoms with E-state index in [4.69, 9.17) is 9.47 Å². The molecule has 2 rings (SSSR count). The lowest BCUT2D eigenvalue weighted by Gasteiger charge is -2.36. The number of piperazine rings is 1. The molecule has 4 heteroatoms. The second kappa shape index (κ2) is 7.73. The first-order valence-electron chi connectivity index (χ1n) is 8.32. The third-order valence-electron chi connectivity index (χ3n) is 3.89. The zero-order valence-corrected chi connectivity index (χ0v) is 14.6. The van der Waals surface area contributed by atoms with E-state index < -0.39 is 0 Å². The molecule has 1 N–H and O–H groups in total. The lowest BCUT2D eigenvalue weighted by molar-refractivity contribution is 0.230.